The van der Waals surface area contributed by atoms with E-state index in [0.29, 0.717) is 38.2 Å². The van der Waals surface area contributed by atoms with Crippen molar-refractivity contribution in [1.29, 1.82) is 0 Å². The maximum Gasteiger partial charge on any atom is 0.243 e. The van der Waals surface area contributed by atoms with Crippen LogP contribution in [0.3, 0.4) is 0 Å². The summed E-state index contributed by atoms with van der Waals surface area (Å²) in [5, 5.41) is 2.83. The molecule has 2 aliphatic rings. The summed E-state index contributed by atoms with van der Waals surface area (Å²) >= 11 is 0. The molecule has 2 fully saturated rings. The summed E-state index contributed by atoms with van der Waals surface area (Å²) in [6, 6.07) is 13.1. The zero-order chi connectivity index (χ0) is 26.5. The molecule has 0 bridgehead atoms. The Kier molecular flexibility index (Phi) is 8.89. The van der Waals surface area contributed by atoms with Crippen LogP contribution in [0.2, 0.25) is 0 Å². The van der Waals surface area contributed by atoms with E-state index < -0.39 is 26.0 Å². The summed E-state index contributed by atoms with van der Waals surface area (Å²) in [6.07, 6.45) is 4.06. The standard InChI is InChI=1S/C26H35N3O6S2/c1-21-7-11-24(12-8-21)37(33,34)29-18-5-6-22(20-29)26(30)27-15-19-35-23-9-13-25(14-10-23)36(31,32)28-16-3-2-4-17-28/h7-14,22H,2-6,15-20H2,1H3,(H,27,30)/t22-/m1/s1. The van der Waals surface area contributed by atoms with Gasteiger partial charge in [0.15, 0.2) is 0 Å². The fraction of sp³-hybridized carbons (Fsp3) is 0.500. The number of hydrogen-bond acceptors (Lipinski definition) is 6. The van der Waals surface area contributed by atoms with E-state index in [4.69, 9.17) is 4.74 Å². The number of aryl methyl sites for hydroxylation is 1. The third kappa shape index (κ3) is 6.70. The van der Waals surface area contributed by atoms with E-state index in [0.717, 1.165) is 24.8 Å². The molecule has 1 atom stereocenters. The zero-order valence-electron chi connectivity index (χ0n) is 21.1. The number of ether oxygens (including phenoxy) is 1. The lowest BCUT2D eigenvalue weighted by Crippen LogP contribution is -2.45. The number of sulfonamides is 2. The van der Waals surface area contributed by atoms with Crippen molar-refractivity contribution in [3.8, 4) is 5.75 Å². The topological polar surface area (TPSA) is 113 Å². The van der Waals surface area contributed by atoms with Crippen molar-refractivity contribution in [3.63, 3.8) is 0 Å². The summed E-state index contributed by atoms with van der Waals surface area (Å²) in [7, 11) is -7.13. The van der Waals surface area contributed by atoms with Crippen LogP contribution in [0, 0.1) is 12.8 Å². The number of nitrogens with one attached hydrogen (secondary N) is 1. The summed E-state index contributed by atoms with van der Waals surface area (Å²) in [5.74, 6) is -0.108. The molecule has 9 nitrogen and oxygen atoms in total. The number of hydrogen-bond donors (Lipinski definition) is 1. The van der Waals surface area contributed by atoms with Gasteiger partial charge in [-0.15, -0.1) is 0 Å². The SMILES string of the molecule is Cc1ccc(S(=O)(=O)N2CCC[C@@H](C(=O)NCCOc3ccc(S(=O)(=O)N4CCCCC4)cc3)C2)cc1. The highest BCUT2D eigenvalue weighted by atomic mass is 32.2. The number of nitrogens with zero attached hydrogens (tertiary/aromatic N) is 2. The molecule has 1 N–H and O–H groups in total. The van der Waals surface area contributed by atoms with Crippen molar-refractivity contribution < 1.29 is 26.4 Å². The zero-order valence-corrected chi connectivity index (χ0v) is 22.8. The van der Waals surface area contributed by atoms with Gasteiger partial charge < -0.3 is 10.1 Å². The molecule has 2 aliphatic heterocycles. The van der Waals surface area contributed by atoms with Gasteiger partial charge >= 0.3 is 0 Å². The Labute approximate surface area is 219 Å². The molecule has 0 aromatic heterocycles. The van der Waals surface area contributed by atoms with Gasteiger partial charge in [-0.2, -0.15) is 8.61 Å². The summed E-state index contributed by atoms with van der Waals surface area (Å²) in [6.45, 7) is 4.02. The van der Waals surface area contributed by atoms with Crippen molar-refractivity contribution in [1.82, 2.24) is 13.9 Å². The van der Waals surface area contributed by atoms with E-state index in [1.807, 2.05) is 6.92 Å². The maximum atomic E-state index is 13.0. The summed E-state index contributed by atoms with van der Waals surface area (Å²) < 4.78 is 60.1. The second-order valence-electron chi connectivity index (χ2n) is 9.59. The first-order chi connectivity index (χ1) is 17.7. The van der Waals surface area contributed by atoms with Crippen LogP contribution in [0.4, 0.5) is 0 Å². The third-order valence-corrected chi connectivity index (χ3v) is 10.7. The molecule has 1 amide bonds. The van der Waals surface area contributed by atoms with Crippen molar-refractivity contribution in [3.05, 3.63) is 54.1 Å². The average molecular weight is 550 g/mol. The molecule has 0 aliphatic carbocycles. The van der Waals surface area contributed by atoms with E-state index in [-0.39, 0.29) is 35.4 Å². The van der Waals surface area contributed by atoms with E-state index in [2.05, 4.69) is 5.32 Å². The molecule has 0 saturated carbocycles. The number of benzene rings is 2. The van der Waals surface area contributed by atoms with Crippen LogP contribution in [-0.2, 0) is 24.8 Å². The minimum atomic E-state index is -3.65. The van der Waals surface area contributed by atoms with Crippen LogP contribution in [0.5, 0.6) is 5.75 Å². The van der Waals surface area contributed by atoms with Gasteiger partial charge in [-0.1, -0.05) is 24.1 Å². The normalized spacial score (nSPS) is 19.9. The predicted octanol–water partition coefficient (Wildman–Crippen LogP) is 2.77. The first-order valence-electron chi connectivity index (χ1n) is 12.8. The largest absolute Gasteiger partial charge is 0.492 e. The van der Waals surface area contributed by atoms with Crippen LogP contribution in [0.15, 0.2) is 58.3 Å². The Balaban J connectivity index is 1.24. The summed E-state index contributed by atoms with van der Waals surface area (Å²) in [4.78, 5) is 13.2. The van der Waals surface area contributed by atoms with Crippen LogP contribution in [0.25, 0.3) is 0 Å². The second kappa shape index (κ2) is 11.9. The first kappa shape index (κ1) is 27.6. The lowest BCUT2D eigenvalue weighted by molar-refractivity contribution is -0.126. The average Bonchev–Trinajstić information content (AvgIpc) is 2.92. The molecule has 37 heavy (non-hydrogen) atoms. The molecule has 4 rings (SSSR count). The van der Waals surface area contributed by atoms with E-state index in [1.54, 1.807) is 48.5 Å². The lowest BCUT2D eigenvalue weighted by Gasteiger charge is -2.31. The summed E-state index contributed by atoms with van der Waals surface area (Å²) in [5.41, 5.74) is 0.982. The van der Waals surface area contributed by atoms with Crippen molar-refractivity contribution in [2.75, 3.05) is 39.3 Å². The highest BCUT2D eigenvalue weighted by molar-refractivity contribution is 7.89. The minimum Gasteiger partial charge on any atom is -0.492 e. The van der Waals surface area contributed by atoms with Crippen LogP contribution < -0.4 is 10.1 Å². The number of carbonyl (C=O) groups excluding carboxylic acids is 1. The molecular formula is C26H35N3O6S2. The molecule has 0 spiro atoms. The van der Waals surface area contributed by atoms with Crippen LogP contribution in [-0.4, -0.2) is 70.7 Å². The third-order valence-electron chi connectivity index (χ3n) is 6.86. The van der Waals surface area contributed by atoms with Gasteiger partial charge in [0.25, 0.3) is 0 Å². The van der Waals surface area contributed by atoms with Gasteiger partial charge in [0, 0.05) is 26.2 Å². The smallest absolute Gasteiger partial charge is 0.243 e. The van der Waals surface area contributed by atoms with Gasteiger partial charge in [0.2, 0.25) is 26.0 Å². The highest BCUT2D eigenvalue weighted by Gasteiger charge is 2.33. The molecule has 2 aromatic carbocycles. The Morgan fingerprint density at radius 1 is 0.838 bits per heavy atom. The Morgan fingerprint density at radius 3 is 2.05 bits per heavy atom. The molecule has 0 radical (unpaired) electrons. The van der Waals surface area contributed by atoms with Crippen molar-refractivity contribution in [2.45, 2.75) is 48.8 Å². The van der Waals surface area contributed by atoms with E-state index in [1.165, 1.54) is 8.61 Å². The maximum absolute atomic E-state index is 13.0. The fourth-order valence-corrected chi connectivity index (χ4v) is 7.72. The first-order valence-corrected chi connectivity index (χ1v) is 15.6. The molecule has 2 aromatic rings. The lowest BCUT2D eigenvalue weighted by atomic mass is 9.99. The van der Waals surface area contributed by atoms with Gasteiger partial charge in [-0.3, -0.25) is 4.79 Å². The Bertz CT molecular complexity index is 1270. The molecular weight excluding hydrogens is 514 g/mol. The van der Waals surface area contributed by atoms with Crippen molar-refractivity contribution in [2.24, 2.45) is 5.92 Å². The fourth-order valence-electron chi connectivity index (χ4n) is 4.68. The quantitative estimate of drug-likeness (QED) is 0.482. The molecule has 2 saturated heterocycles. The van der Waals surface area contributed by atoms with E-state index in [9.17, 15) is 21.6 Å². The van der Waals surface area contributed by atoms with Gasteiger partial charge in [0.05, 0.1) is 22.3 Å². The van der Waals surface area contributed by atoms with Gasteiger partial charge in [-0.25, -0.2) is 16.8 Å². The molecule has 2 heterocycles. The molecule has 11 heteroatoms. The Morgan fingerprint density at radius 2 is 1.41 bits per heavy atom. The number of piperidine rings is 2. The number of rotatable bonds is 9. The second-order valence-corrected chi connectivity index (χ2v) is 13.5. The van der Waals surface area contributed by atoms with Crippen LogP contribution >= 0.6 is 0 Å². The number of carbonyl (C=O) groups is 1. The van der Waals surface area contributed by atoms with Crippen molar-refractivity contribution >= 4 is 26.0 Å². The Hall–Kier alpha value is -2.47. The number of amides is 1. The molecule has 202 valence electrons. The molecule has 0 unspecified atom stereocenters. The van der Waals surface area contributed by atoms with Gasteiger partial charge in [-0.05, 0) is 69.0 Å². The monoisotopic (exact) mass is 549 g/mol. The minimum absolute atomic E-state index is 0.149. The van der Waals surface area contributed by atoms with Crippen LogP contribution in [0.1, 0.15) is 37.7 Å². The van der Waals surface area contributed by atoms with E-state index >= 15 is 0 Å². The predicted molar refractivity (Wildman–Crippen MR) is 140 cm³/mol. The highest BCUT2D eigenvalue weighted by Crippen LogP contribution is 2.25. The van der Waals surface area contributed by atoms with Gasteiger partial charge in [0.1, 0.15) is 12.4 Å².